The summed E-state index contributed by atoms with van der Waals surface area (Å²) >= 11 is 0. The van der Waals surface area contributed by atoms with E-state index in [1.807, 2.05) is 0 Å². The first-order valence-corrected chi connectivity index (χ1v) is 6.70. The molecular formula is C16H22O3. The summed E-state index contributed by atoms with van der Waals surface area (Å²) in [7, 11) is 0. The van der Waals surface area contributed by atoms with Crippen molar-refractivity contribution >= 4 is 0 Å². The Morgan fingerprint density at radius 3 is 2.53 bits per heavy atom. The van der Waals surface area contributed by atoms with E-state index in [2.05, 4.69) is 13.0 Å². The molecule has 3 N–H and O–H groups in total. The van der Waals surface area contributed by atoms with Crippen molar-refractivity contribution in [2.24, 2.45) is 5.92 Å². The predicted octanol–water partition coefficient (Wildman–Crippen LogP) is 3.31. The Balaban J connectivity index is 2.48. The highest BCUT2D eigenvalue weighted by Gasteiger charge is 2.36. The number of rotatable bonds is 2. The second-order valence-corrected chi connectivity index (χ2v) is 6.08. The molecule has 0 fully saturated rings. The maximum Gasteiger partial charge on any atom is 0.119 e. The van der Waals surface area contributed by atoms with E-state index in [0.29, 0.717) is 5.56 Å². The molecule has 1 aliphatic carbocycles. The van der Waals surface area contributed by atoms with E-state index in [9.17, 15) is 15.3 Å². The number of hydrogen-bond acceptors (Lipinski definition) is 3. The van der Waals surface area contributed by atoms with E-state index >= 15 is 0 Å². The van der Waals surface area contributed by atoms with Gasteiger partial charge >= 0.3 is 0 Å². The summed E-state index contributed by atoms with van der Waals surface area (Å²) in [6.07, 6.45) is 3.94. The van der Waals surface area contributed by atoms with Crippen LogP contribution in [0.2, 0.25) is 0 Å². The lowest BCUT2D eigenvalue weighted by atomic mass is 9.70. The lowest BCUT2D eigenvalue weighted by Gasteiger charge is -2.38. The topological polar surface area (TPSA) is 60.7 Å². The molecule has 3 nitrogen and oxygen atoms in total. The maximum atomic E-state index is 10.3. The molecule has 0 saturated carbocycles. The first-order chi connectivity index (χ1) is 8.79. The van der Waals surface area contributed by atoms with Crippen LogP contribution in [0.4, 0.5) is 0 Å². The fourth-order valence-corrected chi connectivity index (χ4v) is 2.98. The van der Waals surface area contributed by atoms with Gasteiger partial charge in [0, 0.05) is 11.5 Å². The van der Waals surface area contributed by atoms with Crippen molar-refractivity contribution < 1.29 is 15.3 Å². The van der Waals surface area contributed by atoms with Crippen LogP contribution in [0.1, 0.15) is 45.1 Å². The quantitative estimate of drug-likeness (QED) is 0.566. The van der Waals surface area contributed by atoms with Gasteiger partial charge in [-0.2, -0.15) is 0 Å². The molecule has 0 saturated heterocycles. The van der Waals surface area contributed by atoms with Crippen molar-refractivity contribution in [3.63, 3.8) is 0 Å². The van der Waals surface area contributed by atoms with Crippen LogP contribution in [0, 0.1) is 5.92 Å². The zero-order valence-corrected chi connectivity index (χ0v) is 11.7. The number of phenolic OH excluding ortho intramolecular Hbond substituents is 2. The molecule has 1 aromatic rings. The number of benzene rings is 1. The van der Waals surface area contributed by atoms with E-state index < -0.39 is 5.60 Å². The molecule has 19 heavy (non-hydrogen) atoms. The number of aliphatic hydroxyl groups is 1. The smallest absolute Gasteiger partial charge is 0.119 e. The molecular weight excluding hydrogens is 240 g/mol. The summed E-state index contributed by atoms with van der Waals surface area (Å²) in [6, 6.07) is 4.56. The van der Waals surface area contributed by atoms with Gasteiger partial charge in [-0.25, -0.2) is 0 Å². The third kappa shape index (κ3) is 2.92. The van der Waals surface area contributed by atoms with Gasteiger partial charge in [-0.1, -0.05) is 11.6 Å². The van der Waals surface area contributed by atoms with Gasteiger partial charge in [-0.15, -0.1) is 0 Å². The molecule has 0 bridgehead atoms. The Bertz CT molecular complexity index is 497. The summed E-state index contributed by atoms with van der Waals surface area (Å²) in [6.45, 7) is 5.67. The van der Waals surface area contributed by atoms with Crippen LogP contribution in [0.5, 0.6) is 11.5 Å². The standard InChI is InChI=1S/C16H22O3/c1-10-4-6-14(16(2,3)19)12(8-10)13-9-11(17)5-7-15(13)18/h5,7-9,12,14,17-19H,4,6H2,1-3H3/t12-,14-/m1/s1. The summed E-state index contributed by atoms with van der Waals surface area (Å²) < 4.78 is 0. The molecule has 104 valence electrons. The summed E-state index contributed by atoms with van der Waals surface area (Å²) in [4.78, 5) is 0. The van der Waals surface area contributed by atoms with Gasteiger partial charge in [-0.3, -0.25) is 0 Å². The second kappa shape index (κ2) is 4.89. The van der Waals surface area contributed by atoms with Crippen LogP contribution in [-0.4, -0.2) is 20.9 Å². The Kier molecular flexibility index (Phi) is 3.59. The van der Waals surface area contributed by atoms with Crippen LogP contribution >= 0.6 is 0 Å². The van der Waals surface area contributed by atoms with Crippen molar-refractivity contribution in [2.45, 2.75) is 45.1 Å². The molecule has 0 aliphatic heterocycles. The maximum absolute atomic E-state index is 10.3. The van der Waals surface area contributed by atoms with E-state index in [0.717, 1.165) is 12.8 Å². The molecule has 0 heterocycles. The average Bonchev–Trinajstić information content (AvgIpc) is 2.30. The Morgan fingerprint density at radius 2 is 1.89 bits per heavy atom. The van der Waals surface area contributed by atoms with Crippen molar-refractivity contribution in [3.8, 4) is 11.5 Å². The summed E-state index contributed by atoms with van der Waals surface area (Å²) in [5, 5.41) is 30.0. The minimum Gasteiger partial charge on any atom is -0.508 e. The first kappa shape index (κ1) is 13.9. The molecule has 2 atom stereocenters. The first-order valence-electron chi connectivity index (χ1n) is 6.70. The largest absolute Gasteiger partial charge is 0.508 e. The molecule has 0 unspecified atom stereocenters. The molecule has 0 aromatic heterocycles. The van der Waals surface area contributed by atoms with Gasteiger partial charge in [0.05, 0.1) is 5.60 Å². The zero-order valence-electron chi connectivity index (χ0n) is 11.7. The number of hydrogen-bond donors (Lipinski definition) is 3. The molecule has 0 radical (unpaired) electrons. The van der Waals surface area contributed by atoms with Crippen molar-refractivity contribution in [3.05, 3.63) is 35.4 Å². The van der Waals surface area contributed by atoms with Crippen LogP contribution in [0.25, 0.3) is 0 Å². The van der Waals surface area contributed by atoms with Gasteiger partial charge in [0.15, 0.2) is 0 Å². The predicted molar refractivity (Wildman–Crippen MR) is 75.3 cm³/mol. The Hall–Kier alpha value is -1.48. The fraction of sp³-hybridized carbons (Fsp3) is 0.500. The van der Waals surface area contributed by atoms with Crippen molar-refractivity contribution in [2.75, 3.05) is 0 Å². The molecule has 3 heteroatoms. The van der Waals surface area contributed by atoms with E-state index in [-0.39, 0.29) is 23.3 Å². The normalized spacial score (nSPS) is 24.1. The molecule has 0 spiro atoms. The monoisotopic (exact) mass is 262 g/mol. The molecule has 1 aliphatic rings. The third-order valence-electron chi connectivity index (χ3n) is 4.02. The number of allylic oxidation sites excluding steroid dienone is 2. The van der Waals surface area contributed by atoms with Gasteiger partial charge in [0.1, 0.15) is 11.5 Å². The minimum absolute atomic E-state index is 0.0314. The highest BCUT2D eigenvalue weighted by atomic mass is 16.3. The lowest BCUT2D eigenvalue weighted by molar-refractivity contribution is 0.00441. The molecule has 0 amide bonds. The fourth-order valence-electron chi connectivity index (χ4n) is 2.98. The van der Waals surface area contributed by atoms with Crippen LogP contribution < -0.4 is 0 Å². The van der Waals surface area contributed by atoms with Gasteiger partial charge in [-0.05, 0) is 57.7 Å². The highest BCUT2D eigenvalue weighted by Crippen LogP contribution is 2.45. The van der Waals surface area contributed by atoms with E-state index in [1.54, 1.807) is 19.9 Å². The van der Waals surface area contributed by atoms with Gasteiger partial charge in [0.25, 0.3) is 0 Å². The van der Waals surface area contributed by atoms with Gasteiger partial charge in [0.2, 0.25) is 0 Å². The average molecular weight is 262 g/mol. The van der Waals surface area contributed by atoms with Crippen molar-refractivity contribution in [1.82, 2.24) is 0 Å². The number of phenols is 2. The van der Waals surface area contributed by atoms with Crippen LogP contribution in [0.3, 0.4) is 0 Å². The van der Waals surface area contributed by atoms with Gasteiger partial charge < -0.3 is 15.3 Å². The van der Waals surface area contributed by atoms with Crippen molar-refractivity contribution in [1.29, 1.82) is 0 Å². The lowest BCUT2D eigenvalue weighted by Crippen LogP contribution is -2.36. The van der Waals surface area contributed by atoms with Crippen LogP contribution in [-0.2, 0) is 0 Å². The number of aromatic hydroxyl groups is 2. The minimum atomic E-state index is -0.820. The molecule has 2 rings (SSSR count). The van der Waals surface area contributed by atoms with E-state index in [1.165, 1.54) is 17.7 Å². The SMILES string of the molecule is CC1=C[C@H](c2cc(O)ccc2O)[C@H](C(C)(C)O)CC1. The highest BCUT2D eigenvalue weighted by molar-refractivity contribution is 5.44. The summed E-state index contributed by atoms with van der Waals surface area (Å²) in [5.41, 5.74) is 1.12. The van der Waals surface area contributed by atoms with E-state index in [4.69, 9.17) is 0 Å². The second-order valence-electron chi connectivity index (χ2n) is 6.08. The Labute approximate surface area is 114 Å². The van der Waals surface area contributed by atoms with Crippen LogP contribution in [0.15, 0.2) is 29.8 Å². The summed E-state index contributed by atoms with van der Waals surface area (Å²) in [5.74, 6) is 0.270. The Morgan fingerprint density at radius 1 is 1.21 bits per heavy atom. The zero-order chi connectivity index (χ0) is 14.2. The molecule has 1 aromatic carbocycles. The third-order valence-corrected chi connectivity index (χ3v) is 4.02.